The van der Waals surface area contributed by atoms with Gasteiger partial charge in [0.2, 0.25) is 4.96 Å². The quantitative estimate of drug-likeness (QED) is 0.480. The van der Waals surface area contributed by atoms with Crippen LogP contribution in [0, 0.1) is 5.82 Å². The summed E-state index contributed by atoms with van der Waals surface area (Å²) in [5.74, 6) is 0.0881. The molecule has 0 atom stereocenters. The first-order chi connectivity index (χ1) is 13.7. The van der Waals surface area contributed by atoms with Crippen molar-refractivity contribution in [1.29, 1.82) is 0 Å². The number of halogens is 1. The molecule has 0 aliphatic carbocycles. The summed E-state index contributed by atoms with van der Waals surface area (Å²) in [4.78, 5) is 18.6. The largest absolute Gasteiger partial charge is 0.352 e. The number of nitrogens with one attached hydrogen (secondary N) is 1. The molecule has 0 aliphatic heterocycles. The van der Waals surface area contributed by atoms with Gasteiger partial charge in [-0.05, 0) is 30.5 Å². The van der Waals surface area contributed by atoms with Gasteiger partial charge in [-0.1, -0.05) is 24.3 Å². The van der Waals surface area contributed by atoms with E-state index in [-0.39, 0.29) is 11.7 Å². The second-order valence-electron chi connectivity index (χ2n) is 6.07. The highest BCUT2D eigenvalue weighted by atomic mass is 32.2. The number of fused-ring (bicyclic) bond motifs is 1. The maximum atomic E-state index is 13.4. The van der Waals surface area contributed by atoms with Crippen LogP contribution in [0.4, 0.5) is 4.39 Å². The van der Waals surface area contributed by atoms with Crippen LogP contribution in [0.2, 0.25) is 0 Å². The minimum absolute atomic E-state index is 0.0875. The summed E-state index contributed by atoms with van der Waals surface area (Å²) < 4.78 is 15.2. The van der Waals surface area contributed by atoms with Crippen LogP contribution in [0.3, 0.4) is 0 Å². The van der Waals surface area contributed by atoms with E-state index in [9.17, 15) is 9.18 Å². The van der Waals surface area contributed by atoms with E-state index in [1.54, 1.807) is 28.4 Å². The van der Waals surface area contributed by atoms with E-state index in [0.29, 0.717) is 29.9 Å². The summed E-state index contributed by atoms with van der Waals surface area (Å²) in [6.07, 6.45) is 2.58. The Morgan fingerprint density at radius 1 is 1.25 bits per heavy atom. The Kier molecular flexibility index (Phi) is 5.40. The first-order valence-electron chi connectivity index (χ1n) is 8.66. The van der Waals surface area contributed by atoms with Gasteiger partial charge in [0.15, 0.2) is 5.82 Å². The van der Waals surface area contributed by atoms with Gasteiger partial charge in [-0.3, -0.25) is 4.79 Å². The summed E-state index contributed by atoms with van der Waals surface area (Å²) >= 11 is 3.02. The third-order valence-corrected chi connectivity index (χ3v) is 5.91. The minimum atomic E-state index is -0.316. The van der Waals surface area contributed by atoms with Crippen molar-refractivity contribution in [2.75, 3.05) is 12.8 Å². The average Bonchev–Trinajstić information content (AvgIpc) is 3.29. The maximum absolute atomic E-state index is 13.4. The van der Waals surface area contributed by atoms with Crippen LogP contribution in [0.5, 0.6) is 0 Å². The van der Waals surface area contributed by atoms with Gasteiger partial charge in [-0.2, -0.15) is 4.98 Å². The van der Waals surface area contributed by atoms with Gasteiger partial charge in [-0.25, -0.2) is 8.91 Å². The summed E-state index contributed by atoms with van der Waals surface area (Å²) in [6, 6.07) is 13.8. The van der Waals surface area contributed by atoms with Crippen molar-refractivity contribution in [3.8, 4) is 11.4 Å². The third-order valence-electron chi connectivity index (χ3n) is 4.25. The number of carbonyl (C=O) groups is 1. The van der Waals surface area contributed by atoms with Gasteiger partial charge in [-0.15, -0.1) is 28.2 Å². The van der Waals surface area contributed by atoms with Gasteiger partial charge in [0.05, 0.1) is 11.3 Å². The zero-order chi connectivity index (χ0) is 19.5. The van der Waals surface area contributed by atoms with E-state index < -0.39 is 0 Å². The van der Waals surface area contributed by atoms with E-state index in [1.165, 1.54) is 23.5 Å². The Balaban J connectivity index is 1.46. The van der Waals surface area contributed by atoms with Crippen LogP contribution >= 0.6 is 23.1 Å². The van der Waals surface area contributed by atoms with E-state index in [4.69, 9.17) is 0 Å². The van der Waals surface area contributed by atoms with E-state index >= 15 is 0 Å². The van der Waals surface area contributed by atoms with Crippen LogP contribution in [0.15, 0.2) is 58.8 Å². The van der Waals surface area contributed by atoms with Gasteiger partial charge < -0.3 is 5.32 Å². The number of amides is 1. The molecule has 2 aromatic carbocycles. The van der Waals surface area contributed by atoms with Gasteiger partial charge >= 0.3 is 0 Å². The molecular weight excluding hydrogens is 395 g/mol. The fourth-order valence-electron chi connectivity index (χ4n) is 2.88. The summed E-state index contributed by atoms with van der Waals surface area (Å²) in [5.41, 5.74) is 2.28. The molecule has 1 N–H and O–H groups in total. The molecule has 0 fully saturated rings. The highest BCUT2D eigenvalue weighted by Gasteiger charge is 2.13. The number of rotatable bonds is 6. The number of benzene rings is 2. The van der Waals surface area contributed by atoms with Crippen molar-refractivity contribution < 1.29 is 9.18 Å². The van der Waals surface area contributed by atoms with Crippen molar-refractivity contribution in [2.45, 2.75) is 11.3 Å². The number of thiazole rings is 1. The molecule has 4 rings (SSSR count). The zero-order valence-electron chi connectivity index (χ0n) is 15.1. The van der Waals surface area contributed by atoms with Crippen LogP contribution < -0.4 is 5.32 Å². The monoisotopic (exact) mass is 412 g/mol. The van der Waals surface area contributed by atoms with Crippen LogP contribution in [0.1, 0.15) is 16.1 Å². The Labute approximate surface area is 169 Å². The third kappa shape index (κ3) is 3.79. The normalized spacial score (nSPS) is 11.1. The van der Waals surface area contributed by atoms with Crippen molar-refractivity contribution in [1.82, 2.24) is 19.9 Å². The Hall–Kier alpha value is -2.71. The lowest BCUT2D eigenvalue weighted by molar-refractivity contribution is 0.0951. The molecule has 0 aliphatic rings. The average molecular weight is 413 g/mol. The molecule has 1 amide bonds. The fourth-order valence-corrected chi connectivity index (χ4v) is 4.33. The lowest BCUT2D eigenvalue weighted by Gasteiger charge is -2.08. The van der Waals surface area contributed by atoms with Gasteiger partial charge in [0, 0.05) is 28.8 Å². The van der Waals surface area contributed by atoms with Crippen LogP contribution in [-0.4, -0.2) is 33.3 Å². The summed E-state index contributed by atoms with van der Waals surface area (Å²) in [6.45, 7) is 0.489. The Morgan fingerprint density at radius 3 is 2.93 bits per heavy atom. The highest BCUT2D eigenvalue weighted by molar-refractivity contribution is 7.98. The molecule has 2 aromatic heterocycles. The molecule has 0 saturated carbocycles. The van der Waals surface area contributed by atoms with E-state index in [0.717, 1.165) is 15.6 Å². The predicted octanol–water partition coefficient (Wildman–Crippen LogP) is 4.29. The number of carbonyl (C=O) groups excluding carboxylic acids is 1. The number of aromatic nitrogens is 3. The van der Waals surface area contributed by atoms with Crippen molar-refractivity contribution >= 4 is 34.0 Å². The van der Waals surface area contributed by atoms with Gasteiger partial charge in [0.25, 0.3) is 5.91 Å². The maximum Gasteiger partial charge on any atom is 0.252 e. The molecule has 5 nitrogen and oxygen atoms in total. The highest BCUT2D eigenvalue weighted by Crippen LogP contribution is 2.22. The SMILES string of the molecule is CSc1ccccc1C(=O)NCCc1csc2nc(-c3cccc(F)c3)nn12. The van der Waals surface area contributed by atoms with Crippen LogP contribution in [-0.2, 0) is 6.42 Å². The minimum Gasteiger partial charge on any atom is -0.352 e. The molecule has 0 saturated heterocycles. The standard InChI is InChI=1S/C20H17FN4OS2/c1-27-17-8-3-2-7-16(17)19(26)22-10-9-15-12-28-20-23-18(24-25(15)20)13-5-4-6-14(21)11-13/h2-8,11-12H,9-10H2,1H3,(H,22,26). The second-order valence-corrected chi connectivity index (χ2v) is 7.76. The fraction of sp³-hybridized carbons (Fsp3) is 0.150. The smallest absolute Gasteiger partial charge is 0.252 e. The molecule has 0 bridgehead atoms. The molecule has 0 unspecified atom stereocenters. The molecule has 142 valence electrons. The van der Waals surface area contributed by atoms with Crippen molar-refractivity contribution in [3.05, 3.63) is 71.0 Å². The number of nitrogens with zero attached hydrogens (tertiary/aromatic N) is 3. The predicted molar refractivity (Wildman–Crippen MR) is 111 cm³/mol. The first-order valence-corrected chi connectivity index (χ1v) is 10.8. The number of hydrogen-bond acceptors (Lipinski definition) is 5. The molecule has 4 aromatic rings. The van der Waals surface area contributed by atoms with E-state index in [2.05, 4.69) is 15.4 Å². The molecule has 2 heterocycles. The molecular formula is C20H17FN4OS2. The Bertz CT molecular complexity index is 1140. The zero-order valence-corrected chi connectivity index (χ0v) is 16.7. The van der Waals surface area contributed by atoms with Gasteiger partial charge in [0.1, 0.15) is 5.82 Å². The van der Waals surface area contributed by atoms with E-state index in [1.807, 2.05) is 35.9 Å². The topological polar surface area (TPSA) is 59.3 Å². The summed E-state index contributed by atoms with van der Waals surface area (Å²) in [5, 5.41) is 9.44. The molecule has 0 radical (unpaired) electrons. The number of hydrogen-bond donors (Lipinski definition) is 1. The molecule has 28 heavy (non-hydrogen) atoms. The number of thioether (sulfide) groups is 1. The first kappa shape index (κ1) is 18.6. The summed E-state index contributed by atoms with van der Waals surface area (Å²) in [7, 11) is 0. The second kappa shape index (κ2) is 8.12. The molecule has 0 spiro atoms. The lowest BCUT2D eigenvalue weighted by atomic mass is 10.2. The Morgan fingerprint density at radius 2 is 2.11 bits per heavy atom. The van der Waals surface area contributed by atoms with Crippen molar-refractivity contribution in [2.24, 2.45) is 0 Å². The van der Waals surface area contributed by atoms with Crippen molar-refractivity contribution in [3.63, 3.8) is 0 Å². The molecule has 8 heteroatoms. The lowest BCUT2D eigenvalue weighted by Crippen LogP contribution is -2.26. The van der Waals surface area contributed by atoms with Crippen LogP contribution in [0.25, 0.3) is 16.3 Å².